The summed E-state index contributed by atoms with van der Waals surface area (Å²) in [5, 5.41) is 4.51. The van der Waals surface area contributed by atoms with Crippen molar-refractivity contribution in [3.8, 4) is 5.75 Å². The zero-order valence-electron chi connectivity index (χ0n) is 10.1. The molecule has 3 nitrogen and oxygen atoms in total. The monoisotopic (exact) mass is 311 g/mol. The maximum Gasteiger partial charge on any atom is 0.156 e. The molecule has 0 fully saturated rings. The second-order valence-corrected chi connectivity index (χ2v) is 4.74. The maximum atomic E-state index is 5.98. The number of halogens is 3. The first kappa shape index (κ1) is 15.9. The molecule has 102 valence electrons. The quantitative estimate of drug-likeness (QED) is 0.743. The molecule has 1 N–H and O–H groups in total. The van der Waals surface area contributed by atoms with Crippen molar-refractivity contribution in [2.24, 2.45) is 0 Å². The average molecular weight is 313 g/mol. The highest BCUT2D eigenvalue weighted by atomic mass is 35.5. The molecule has 0 bridgehead atoms. The summed E-state index contributed by atoms with van der Waals surface area (Å²) < 4.78 is 10.7. The average Bonchev–Trinajstić information content (AvgIpc) is 2.30. The Balaban J connectivity index is 2.27. The first-order valence-electron chi connectivity index (χ1n) is 5.71. The van der Waals surface area contributed by atoms with Gasteiger partial charge in [0.15, 0.2) is 5.75 Å². The van der Waals surface area contributed by atoms with Crippen LogP contribution in [0.5, 0.6) is 5.75 Å². The molecule has 0 spiro atoms. The zero-order chi connectivity index (χ0) is 13.4. The maximum absolute atomic E-state index is 5.98. The largest absolute Gasteiger partial charge is 0.489 e. The van der Waals surface area contributed by atoms with Gasteiger partial charge < -0.3 is 14.8 Å². The molecule has 0 aromatic heterocycles. The fourth-order valence-electron chi connectivity index (χ4n) is 1.31. The summed E-state index contributed by atoms with van der Waals surface area (Å²) >= 11 is 17.8. The van der Waals surface area contributed by atoms with E-state index < -0.39 is 0 Å². The van der Waals surface area contributed by atoms with Crippen LogP contribution >= 0.6 is 34.8 Å². The van der Waals surface area contributed by atoms with Crippen LogP contribution in [0, 0.1) is 0 Å². The Labute approximate surface area is 122 Å². The van der Waals surface area contributed by atoms with Gasteiger partial charge in [-0.15, -0.1) is 0 Å². The van der Waals surface area contributed by atoms with Crippen LogP contribution in [-0.4, -0.2) is 32.9 Å². The van der Waals surface area contributed by atoms with Crippen LogP contribution in [0.15, 0.2) is 12.1 Å². The first-order valence-corrected chi connectivity index (χ1v) is 6.84. The summed E-state index contributed by atoms with van der Waals surface area (Å²) in [6, 6.07) is 3.21. The van der Waals surface area contributed by atoms with E-state index in [1.54, 1.807) is 12.1 Å². The molecule has 0 radical (unpaired) electrons. The third kappa shape index (κ3) is 5.63. The number of nitrogens with one attached hydrogen (secondary N) is 1. The van der Waals surface area contributed by atoms with Crippen LogP contribution in [-0.2, 0) is 4.74 Å². The zero-order valence-corrected chi connectivity index (χ0v) is 12.4. The molecule has 0 saturated heterocycles. The highest BCUT2D eigenvalue weighted by molar-refractivity contribution is 6.40. The second-order valence-electron chi connectivity index (χ2n) is 3.49. The third-order valence-electron chi connectivity index (χ3n) is 2.12. The third-order valence-corrected chi connectivity index (χ3v) is 2.90. The van der Waals surface area contributed by atoms with Gasteiger partial charge in [-0.25, -0.2) is 0 Å². The van der Waals surface area contributed by atoms with Crippen LogP contribution in [0.3, 0.4) is 0 Å². The molecule has 6 heteroatoms. The van der Waals surface area contributed by atoms with Crippen molar-refractivity contribution in [1.29, 1.82) is 0 Å². The molecule has 0 aliphatic carbocycles. The number of hydrogen-bond acceptors (Lipinski definition) is 3. The SMILES string of the molecule is CCOCCNCCOc1c(Cl)cc(Cl)cc1Cl. The fourth-order valence-corrected chi connectivity index (χ4v) is 2.23. The van der Waals surface area contributed by atoms with Crippen molar-refractivity contribution in [3.05, 3.63) is 27.2 Å². The summed E-state index contributed by atoms with van der Waals surface area (Å²) in [6.45, 7) is 5.36. The van der Waals surface area contributed by atoms with Gasteiger partial charge in [0.05, 0.1) is 16.7 Å². The van der Waals surface area contributed by atoms with Gasteiger partial charge in [0.2, 0.25) is 0 Å². The molecule has 0 unspecified atom stereocenters. The molecule has 1 rings (SSSR count). The molecule has 0 aliphatic rings. The molecule has 1 aromatic carbocycles. The Kier molecular flexibility index (Phi) is 7.79. The van der Waals surface area contributed by atoms with E-state index in [2.05, 4.69) is 5.32 Å². The molecule has 0 heterocycles. The summed E-state index contributed by atoms with van der Waals surface area (Å²) in [7, 11) is 0. The van der Waals surface area contributed by atoms with Gasteiger partial charge in [-0.05, 0) is 19.1 Å². The summed E-state index contributed by atoms with van der Waals surface area (Å²) in [5.74, 6) is 0.467. The van der Waals surface area contributed by atoms with Gasteiger partial charge in [0.1, 0.15) is 6.61 Å². The van der Waals surface area contributed by atoms with Crippen molar-refractivity contribution in [2.75, 3.05) is 32.9 Å². The molecule has 0 atom stereocenters. The van der Waals surface area contributed by atoms with Gasteiger partial charge in [0.25, 0.3) is 0 Å². The molecule has 18 heavy (non-hydrogen) atoms. The lowest BCUT2D eigenvalue weighted by Gasteiger charge is -2.11. The predicted octanol–water partition coefficient (Wildman–Crippen LogP) is 3.65. The topological polar surface area (TPSA) is 30.5 Å². The normalized spacial score (nSPS) is 10.7. The van der Waals surface area contributed by atoms with Crippen molar-refractivity contribution < 1.29 is 9.47 Å². The number of ether oxygens (including phenoxy) is 2. The fraction of sp³-hybridized carbons (Fsp3) is 0.500. The van der Waals surface area contributed by atoms with E-state index in [4.69, 9.17) is 44.3 Å². The van der Waals surface area contributed by atoms with E-state index in [9.17, 15) is 0 Å². The smallest absolute Gasteiger partial charge is 0.156 e. The minimum atomic E-state index is 0.418. The van der Waals surface area contributed by atoms with Crippen LogP contribution < -0.4 is 10.1 Å². The van der Waals surface area contributed by atoms with Crippen molar-refractivity contribution in [2.45, 2.75) is 6.92 Å². The molecule has 0 amide bonds. The van der Waals surface area contributed by atoms with E-state index in [0.717, 1.165) is 13.2 Å². The van der Waals surface area contributed by atoms with Gasteiger partial charge in [-0.1, -0.05) is 34.8 Å². The van der Waals surface area contributed by atoms with Gasteiger partial charge in [-0.3, -0.25) is 0 Å². The van der Waals surface area contributed by atoms with Crippen molar-refractivity contribution in [3.63, 3.8) is 0 Å². The highest BCUT2D eigenvalue weighted by Crippen LogP contribution is 2.35. The van der Waals surface area contributed by atoms with Crippen LogP contribution in [0.1, 0.15) is 6.92 Å². The Bertz CT molecular complexity index is 351. The lowest BCUT2D eigenvalue weighted by Crippen LogP contribution is -2.25. The molecule has 0 saturated carbocycles. The van der Waals surface area contributed by atoms with Crippen molar-refractivity contribution in [1.82, 2.24) is 5.32 Å². The number of hydrogen-bond donors (Lipinski definition) is 1. The minimum absolute atomic E-state index is 0.418. The van der Waals surface area contributed by atoms with E-state index in [0.29, 0.717) is 40.6 Å². The highest BCUT2D eigenvalue weighted by Gasteiger charge is 2.08. The first-order chi connectivity index (χ1) is 8.65. The Morgan fingerprint density at radius 3 is 2.28 bits per heavy atom. The molecular formula is C12H16Cl3NO2. The molecular weight excluding hydrogens is 296 g/mol. The summed E-state index contributed by atoms with van der Waals surface area (Å²) in [6.07, 6.45) is 0. The van der Waals surface area contributed by atoms with Gasteiger partial charge in [-0.2, -0.15) is 0 Å². The Hall–Kier alpha value is -0.190. The van der Waals surface area contributed by atoms with Gasteiger partial charge in [0, 0.05) is 24.7 Å². The summed E-state index contributed by atoms with van der Waals surface area (Å²) in [5.41, 5.74) is 0. The van der Waals surface area contributed by atoms with E-state index in [-0.39, 0.29) is 0 Å². The Morgan fingerprint density at radius 2 is 1.67 bits per heavy atom. The lowest BCUT2D eigenvalue weighted by molar-refractivity contribution is 0.148. The molecule has 0 aliphatic heterocycles. The minimum Gasteiger partial charge on any atom is -0.489 e. The second kappa shape index (κ2) is 8.83. The predicted molar refractivity (Wildman–Crippen MR) is 76.3 cm³/mol. The van der Waals surface area contributed by atoms with Crippen LogP contribution in [0.25, 0.3) is 0 Å². The van der Waals surface area contributed by atoms with E-state index in [1.807, 2.05) is 6.92 Å². The van der Waals surface area contributed by atoms with E-state index in [1.165, 1.54) is 0 Å². The lowest BCUT2D eigenvalue weighted by atomic mass is 10.3. The van der Waals surface area contributed by atoms with Crippen LogP contribution in [0.4, 0.5) is 0 Å². The standard InChI is InChI=1S/C12H16Cl3NO2/c1-2-17-5-3-16-4-6-18-12-10(14)7-9(13)8-11(12)15/h7-8,16H,2-6H2,1H3. The number of rotatable bonds is 8. The van der Waals surface area contributed by atoms with Gasteiger partial charge >= 0.3 is 0 Å². The Morgan fingerprint density at radius 1 is 1.06 bits per heavy atom. The van der Waals surface area contributed by atoms with E-state index >= 15 is 0 Å². The summed E-state index contributed by atoms with van der Waals surface area (Å²) in [4.78, 5) is 0. The van der Waals surface area contributed by atoms with Crippen LogP contribution in [0.2, 0.25) is 15.1 Å². The number of benzene rings is 1. The van der Waals surface area contributed by atoms with Crippen molar-refractivity contribution >= 4 is 34.8 Å². The molecule has 1 aromatic rings.